The van der Waals surface area contributed by atoms with Crippen molar-refractivity contribution in [1.29, 1.82) is 0 Å². The number of aliphatic hydroxyl groups is 1. The number of pyridine rings is 1. The van der Waals surface area contributed by atoms with Crippen molar-refractivity contribution in [2.45, 2.75) is 5.16 Å². The second kappa shape index (κ2) is 6.20. The highest BCUT2D eigenvalue weighted by Gasteiger charge is 2.04. The number of fused-ring (bicyclic) bond motifs is 1. The number of H-pyrrole nitrogens is 1. The summed E-state index contributed by atoms with van der Waals surface area (Å²) >= 11 is 7.37. The van der Waals surface area contributed by atoms with Gasteiger partial charge in [-0.2, -0.15) is 0 Å². The number of aromatic nitrogens is 3. The molecule has 0 fully saturated rings. The fraction of sp³-hybridized carbons (Fsp3) is 0.400. The van der Waals surface area contributed by atoms with Gasteiger partial charge in [0, 0.05) is 11.9 Å². The number of hydrogen-bond donors (Lipinski definition) is 2. The molecule has 2 aromatic rings. The predicted octanol–water partition coefficient (Wildman–Crippen LogP) is 1.71. The lowest BCUT2D eigenvalue weighted by atomic mass is 10.4. The number of hydrogen-bond acceptors (Lipinski definition) is 5. The van der Waals surface area contributed by atoms with E-state index in [0.29, 0.717) is 23.9 Å². The first-order chi connectivity index (χ1) is 8.29. The number of nitrogens with zero attached hydrogens (tertiary/aromatic N) is 2. The molecule has 0 aromatic carbocycles. The molecule has 0 amide bonds. The van der Waals surface area contributed by atoms with Crippen LogP contribution in [0.1, 0.15) is 0 Å². The van der Waals surface area contributed by atoms with Gasteiger partial charge >= 0.3 is 0 Å². The lowest BCUT2D eigenvalue weighted by Gasteiger charge is -1.99. The molecule has 0 radical (unpaired) electrons. The lowest BCUT2D eigenvalue weighted by molar-refractivity contribution is 0.103. The molecule has 0 saturated carbocycles. The Morgan fingerprint density at radius 2 is 2.35 bits per heavy atom. The van der Waals surface area contributed by atoms with E-state index in [2.05, 4.69) is 15.0 Å². The molecule has 0 unspecified atom stereocenters. The van der Waals surface area contributed by atoms with Crippen LogP contribution in [0.3, 0.4) is 0 Å². The van der Waals surface area contributed by atoms with Crippen LogP contribution in [-0.4, -0.2) is 45.6 Å². The average molecular weight is 274 g/mol. The number of thioether (sulfide) groups is 1. The Kier molecular flexibility index (Phi) is 4.61. The summed E-state index contributed by atoms with van der Waals surface area (Å²) in [4.78, 5) is 11.5. The summed E-state index contributed by atoms with van der Waals surface area (Å²) in [7, 11) is 0. The Labute approximate surface area is 108 Å². The van der Waals surface area contributed by atoms with E-state index in [1.807, 2.05) is 0 Å². The summed E-state index contributed by atoms with van der Waals surface area (Å²) in [5, 5.41) is 9.91. The SMILES string of the molecule is OCCOCCSc1nc2ncc(Cl)cc2[nH]1. The van der Waals surface area contributed by atoms with E-state index >= 15 is 0 Å². The van der Waals surface area contributed by atoms with Gasteiger partial charge in [0.15, 0.2) is 10.8 Å². The minimum atomic E-state index is 0.0533. The molecule has 0 aliphatic carbocycles. The van der Waals surface area contributed by atoms with Crippen molar-refractivity contribution >= 4 is 34.5 Å². The van der Waals surface area contributed by atoms with E-state index in [1.54, 1.807) is 24.0 Å². The molecule has 0 bridgehead atoms. The third-order valence-corrected chi connectivity index (χ3v) is 3.03. The molecule has 2 rings (SSSR count). The van der Waals surface area contributed by atoms with Crippen LogP contribution in [0.15, 0.2) is 17.4 Å². The van der Waals surface area contributed by atoms with E-state index in [0.717, 1.165) is 16.4 Å². The Morgan fingerprint density at radius 3 is 3.18 bits per heavy atom. The van der Waals surface area contributed by atoms with E-state index < -0.39 is 0 Å². The highest BCUT2D eigenvalue weighted by atomic mass is 35.5. The highest BCUT2D eigenvalue weighted by molar-refractivity contribution is 7.99. The first-order valence-electron chi connectivity index (χ1n) is 5.12. The Bertz CT molecular complexity index is 491. The minimum absolute atomic E-state index is 0.0533. The van der Waals surface area contributed by atoms with Crippen molar-refractivity contribution in [2.75, 3.05) is 25.6 Å². The maximum atomic E-state index is 8.53. The number of ether oxygens (including phenoxy) is 1. The van der Waals surface area contributed by atoms with Crippen molar-refractivity contribution < 1.29 is 9.84 Å². The monoisotopic (exact) mass is 273 g/mol. The fourth-order valence-electron chi connectivity index (χ4n) is 1.28. The molecule has 0 aliphatic heterocycles. The van der Waals surface area contributed by atoms with Gasteiger partial charge in [0.2, 0.25) is 0 Å². The number of imidazole rings is 1. The summed E-state index contributed by atoms with van der Waals surface area (Å²) in [6.45, 7) is 1.01. The highest BCUT2D eigenvalue weighted by Crippen LogP contribution is 2.20. The summed E-state index contributed by atoms with van der Waals surface area (Å²) < 4.78 is 5.15. The van der Waals surface area contributed by atoms with E-state index in [1.165, 1.54) is 0 Å². The van der Waals surface area contributed by atoms with Gasteiger partial charge in [-0.3, -0.25) is 0 Å². The minimum Gasteiger partial charge on any atom is -0.394 e. The molecule has 0 aliphatic rings. The quantitative estimate of drug-likeness (QED) is 0.619. The predicted molar refractivity (Wildman–Crippen MR) is 67.5 cm³/mol. The molecule has 92 valence electrons. The number of halogens is 1. The zero-order valence-electron chi connectivity index (χ0n) is 9.02. The van der Waals surface area contributed by atoms with E-state index in [-0.39, 0.29) is 6.61 Å². The molecule has 2 heterocycles. The van der Waals surface area contributed by atoms with Crippen molar-refractivity contribution in [1.82, 2.24) is 15.0 Å². The second-order valence-electron chi connectivity index (χ2n) is 3.25. The molecule has 2 aromatic heterocycles. The Balaban J connectivity index is 1.91. The average Bonchev–Trinajstić information content (AvgIpc) is 2.70. The molecule has 0 atom stereocenters. The van der Waals surface area contributed by atoms with Gasteiger partial charge in [0.1, 0.15) is 0 Å². The van der Waals surface area contributed by atoms with E-state index in [9.17, 15) is 0 Å². The maximum absolute atomic E-state index is 8.53. The number of aliphatic hydroxyl groups excluding tert-OH is 1. The van der Waals surface area contributed by atoms with Crippen molar-refractivity contribution in [3.05, 3.63) is 17.3 Å². The topological polar surface area (TPSA) is 71.0 Å². The summed E-state index contributed by atoms with van der Waals surface area (Å²) in [6.07, 6.45) is 1.57. The standard InChI is InChI=1S/C10H12ClN3O2S/c11-7-5-8-9(12-6-7)14-10(13-8)17-4-3-16-2-1-15/h5-6,15H,1-4H2,(H,12,13,14). The largest absolute Gasteiger partial charge is 0.394 e. The maximum Gasteiger partial charge on any atom is 0.178 e. The van der Waals surface area contributed by atoms with Gasteiger partial charge in [-0.25, -0.2) is 9.97 Å². The molecule has 5 nitrogen and oxygen atoms in total. The molecular formula is C10H12ClN3O2S. The Hall–Kier alpha value is -0.820. The van der Waals surface area contributed by atoms with Crippen molar-refractivity contribution in [3.63, 3.8) is 0 Å². The molecule has 0 saturated heterocycles. The van der Waals surface area contributed by atoms with Crippen LogP contribution >= 0.6 is 23.4 Å². The lowest BCUT2D eigenvalue weighted by Crippen LogP contribution is -2.02. The van der Waals surface area contributed by atoms with Crippen LogP contribution in [0, 0.1) is 0 Å². The number of aromatic amines is 1. The van der Waals surface area contributed by atoms with Gasteiger partial charge in [0.25, 0.3) is 0 Å². The van der Waals surface area contributed by atoms with E-state index in [4.69, 9.17) is 21.4 Å². The van der Waals surface area contributed by atoms with Crippen LogP contribution in [0.25, 0.3) is 11.2 Å². The first kappa shape index (κ1) is 12.6. The molecule has 17 heavy (non-hydrogen) atoms. The second-order valence-corrected chi connectivity index (χ2v) is 4.77. The van der Waals surface area contributed by atoms with Crippen LogP contribution in [0.5, 0.6) is 0 Å². The smallest absolute Gasteiger partial charge is 0.178 e. The molecule has 2 N–H and O–H groups in total. The summed E-state index contributed by atoms with van der Waals surface area (Å²) in [5.41, 5.74) is 1.49. The van der Waals surface area contributed by atoms with Crippen LogP contribution in [0.2, 0.25) is 5.02 Å². The fourth-order valence-corrected chi connectivity index (χ4v) is 2.17. The van der Waals surface area contributed by atoms with Gasteiger partial charge in [-0.1, -0.05) is 23.4 Å². The summed E-state index contributed by atoms with van der Waals surface area (Å²) in [6, 6.07) is 1.79. The Morgan fingerprint density at radius 1 is 1.47 bits per heavy atom. The first-order valence-corrected chi connectivity index (χ1v) is 6.48. The van der Waals surface area contributed by atoms with Crippen LogP contribution < -0.4 is 0 Å². The third-order valence-electron chi connectivity index (χ3n) is 1.98. The molecular weight excluding hydrogens is 262 g/mol. The van der Waals surface area contributed by atoms with Gasteiger partial charge < -0.3 is 14.8 Å². The third kappa shape index (κ3) is 3.57. The number of nitrogens with one attached hydrogen (secondary N) is 1. The normalized spacial score (nSPS) is 11.2. The van der Waals surface area contributed by atoms with Crippen LogP contribution in [-0.2, 0) is 4.74 Å². The van der Waals surface area contributed by atoms with Crippen LogP contribution in [0.4, 0.5) is 0 Å². The zero-order valence-corrected chi connectivity index (χ0v) is 10.6. The number of rotatable bonds is 6. The van der Waals surface area contributed by atoms with Gasteiger partial charge in [-0.05, 0) is 6.07 Å². The zero-order chi connectivity index (χ0) is 12.1. The molecule has 0 spiro atoms. The van der Waals surface area contributed by atoms with Gasteiger partial charge in [-0.15, -0.1) is 0 Å². The summed E-state index contributed by atoms with van der Waals surface area (Å²) in [5.74, 6) is 0.771. The van der Waals surface area contributed by atoms with Crippen molar-refractivity contribution in [3.8, 4) is 0 Å². The van der Waals surface area contributed by atoms with Crippen molar-refractivity contribution in [2.24, 2.45) is 0 Å². The van der Waals surface area contributed by atoms with Gasteiger partial charge in [0.05, 0.1) is 30.4 Å². The molecule has 7 heteroatoms.